The molecule has 0 aliphatic heterocycles. The van der Waals surface area contributed by atoms with Crippen molar-refractivity contribution in [2.24, 2.45) is 0 Å². The fourth-order valence-corrected chi connectivity index (χ4v) is 4.17. The highest BCUT2D eigenvalue weighted by Crippen LogP contribution is 2.45. The monoisotopic (exact) mass is 500 g/mol. The zero-order valence-corrected chi connectivity index (χ0v) is 17.2. The van der Waals surface area contributed by atoms with Crippen LogP contribution in [0.1, 0.15) is 0 Å². The Hall–Kier alpha value is -2.84. The molecular formula is C20H10Br2N2O4. The summed E-state index contributed by atoms with van der Waals surface area (Å²) in [5.41, 5.74) is 0.144. The number of halogens is 2. The molecule has 0 heterocycles. The second kappa shape index (κ2) is 6.96. The van der Waals surface area contributed by atoms with Crippen LogP contribution in [0.5, 0.6) is 0 Å². The molecule has 6 nitrogen and oxygen atoms in total. The smallest absolute Gasteiger partial charge is 0.258 e. The molecule has 8 heteroatoms. The van der Waals surface area contributed by atoms with Crippen LogP contribution in [0.2, 0.25) is 0 Å². The first-order valence-corrected chi connectivity index (χ1v) is 9.69. The van der Waals surface area contributed by atoms with Gasteiger partial charge in [-0.05, 0) is 57.9 Å². The van der Waals surface area contributed by atoms with Gasteiger partial charge in [-0.3, -0.25) is 20.2 Å². The zero-order valence-electron chi connectivity index (χ0n) is 14.1. The molecule has 0 saturated carbocycles. The molecule has 4 aromatic rings. The van der Waals surface area contributed by atoms with E-state index in [0.717, 1.165) is 19.7 Å². The molecule has 0 aliphatic carbocycles. The Labute approximate surface area is 175 Å². The normalized spacial score (nSPS) is 11.1. The second-order valence-corrected chi connectivity index (χ2v) is 8.00. The van der Waals surface area contributed by atoms with E-state index in [1.165, 1.54) is 12.1 Å². The maximum absolute atomic E-state index is 11.8. The van der Waals surface area contributed by atoms with E-state index in [0.29, 0.717) is 10.8 Å². The summed E-state index contributed by atoms with van der Waals surface area (Å²) in [6, 6.07) is 16.8. The molecule has 0 unspecified atom stereocenters. The third-order valence-electron chi connectivity index (χ3n) is 4.56. The van der Waals surface area contributed by atoms with E-state index >= 15 is 0 Å². The molecule has 0 N–H and O–H groups in total. The molecule has 0 fully saturated rings. The lowest BCUT2D eigenvalue weighted by molar-refractivity contribution is -0.386. The molecule has 0 bridgehead atoms. The van der Waals surface area contributed by atoms with Gasteiger partial charge in [0, 0.05) is 21.1 Å². The molecule has 0 aromatic heterocycles. The van der Waals surface area contributed by atoms with Crippen LogP contribution in [0.25, 0.3) is 32.7 Å². The number of nitrogens with zero attached hydrogens (tertiary/aromatic N) is 2. The van der Waals surface area contributed by atoms with Crippen LogP contribution >= 0.6 is 31.9 Å². The third-order valence-corrected chi connectivity index (χ3v) is 5.55. The summed E-state index contributed by atoms with van der Waals surface area (Å²) in [7, 11) is 0. The molecule has 0 atom stereocenters. The highest BCUT2D eigenvalue weighted by Gasteiger charge is 2.27. The lowest BCUT2D eigenvalue weighted by Crippen LogP contribution is -1.98. The minimum Gasteiger partial charge on any atom is -0.258 e. The molecule has 138 valence electrons. The number of hydrogen-bond donors (Lipinski definition) is 0. The van der Waals surface area contributed by atoms with Crippen molar-refractivity contribution < 1.29 is 9.85 Å². The number of hydrogen-bond acceptors (Lipinski definition) is 4. The molecule has 0 saturated heterocycles. The number of nitro benzene ring substituents is 2. The van der Waals surface area contributed by atoms with Crippen molar-refractivity contribution in [2.75, 3.05) is 0 Å². The fourth-order valence-electron chi connectivity index (χ4n) is 3.41. The summed E-state index contributed by atoms with van der Waals surface area (Å²) < 4.78 is 1.63. The van der Waals surface area contributed by atoms with Gasteiger partial charge in [-0.25, -0.2) is 0 Å². The quantitative estimate of drug-likeness (QED) is 0.223. The predicted octanol–water partition coefficient (Wildman–Crippen LogP) is 7.00. The maximum atomic E-state index is 11.8. The van der Waals surface area contributed by atoms with E-state index in [2.05, 4.69) is 31.9 Å². The number of benzene rings is 4. The van der Waals surface area contributed by atoms with Crippen molar-refractivity contribution in [1.29, 1.82) is 0 Å². The predicted molar refractivity (Wildman–Crippen MR) is 116 cm³/mol. The molecule has 0 radical (unpaired) electrons. The largest absolute Gasteiger partial charge is 0.278 e. The molecular weight excluding hydrogens is 492 g/mol. The van der Waals surface area contributed by atoms with Gasteiger partial charge in [0.2, 0.25) is 0 Å². The summed E-state index contributed by atoms with van der Waals surface area (Å²) in [5.74, 6) is 0. The van der Waals surface area contributed by atoms with Gasteiger partial charge in [-0.1, -0.05) is 44.0 Å². The van der Waals surface area contributed by atoms with E-state index in [4.69, 9.17) is 0 Å². The van der Waals surface area contributed by atoms with Gasteiger partial charge >= 0.3 is 0 Å². The van der Waals surface area contributed by atoms with Crippen LogP contribution in [0.15, 0.2) is 69.6 Å². The van der Waals surface area contributed by atoms with Crippen LogP contribution < -0.4 is 0 Å². The van der Waals surface area contributed by atoms with Gasteiger partial charge in [0.05, 0.1) is 21.0 Å². The molecule has 0 spiro atoms. The summed E-state index contributed by atoms with van der Waals surface area (Å²) in [5, 5.41) is 26.2. The van der Waals surface area contributed by atoms with Gasteiger partial charge in [-0.15, -0.1) is 0 Å². The van der Waals surface area contributed by atoms with Gasteiger partial charge in [0.25, 0.3) is 11.4 Å². The molecule has 0 amide bonds. The zero-order chi connectivity index (χ0) is 20.0. The van der Waals surface area contributed by atoms with Gasteiger partial charge in [0.1, 0.15) is 0 Å². The van der Waals surface area contributed by atoms with Crippen molar-refractivity contribution in [1.82, 2.24) is 0 Å². The Morgan fingerprint density at radius 3 is 1.36 bits per heavy atom. The number of fused-ring (bicyclic) bond motifs is 2. The average Bonchev–Trinajstić information content (AvgIpc) is 2.65. The van der Waals surface area contributed by atoms with Crippen molar-refractivity contribution in [3.05, 3.63) is 89.8 Å². The van der Waals surface area contributed by atoms with Crippen LogP contribution in [0, 0.1) is 20.2 Å². The first kappa shape index (κ1) is 18.5. The molecule has 0 aliphatic rings. The van der Waals surface area contributed by atoms with Gasteiger partial charge < -0.3 is 0 Å². The number of rotatable bonds is 3. The highest BCUT2D eigenvalue weighted by atomic mass is 79.9. The van der Waals surface area contributed by atoms with Crippen LogP contribution in [0.4, 0.5) is 11.4 Å². The van der Waals surface area contributed by atoms with E-state index in [1.54, 1.807) is 36.4 Å². The minimum atomic E-state index is -0.502. The average molecular weight is 502 g/mol. The van der Waals surface area contributed by atoms with E-state index < -0.39 is 9.85 Å². The minimum absolute atomic E-state index is 0.173. The van der Waals surface area contributed by atoms with Crippen molar-refractivity contribution in [2.45, 2.75) is 0 Å². The lowest BCUT2D eigenvalue weighted by Gasteiger charge is -2.12. The van der Waals surface area contributed by atoms with Crippen LogP contribution in [-0.4, -0.2) is 9.85 Å². The molecule has 28 heavy (non-hydrogen) atoms. The maximum Gasteiger partial charge on any atom is 0.278 e. The third kappa shape index (κ3) is 3.04. The Morgan fingerprint density at radius 2 is 1.00 bits per heavy atom. The first-order valence-electron chi connectivity index (χ1n) is 8.10. The summed E-state index contributed by atoms with van der Waals surface area (Å²) in [4.78, 5) is 22.6. The second-order valence-electron chi connectivity index (χ2n) is 6.16. The highest BCUT2D eigenvalue weighted by molar-refractivity contribution is 9.10. The Bertz CT molecular complexity index is 1200. The SMILES string of the molecule is O=[N+]([O-])c1ccc2cc(Br)ccc2c1-c1c([N+](=O)[O-])ccc2cc(Br)ccc12. The Morgan fingerprint density at radius 1 is 0.607 bits per heavy atom. The Kier molecular flexibility index (Phi) is 4.60. The molecule has 4 aromatic carbocycles. The van der Waals surface area contributed by atoms with E-state index in [-0.39, 0.29) is 22.5 Å². The van der Waals surface area contributed by atoms with Gasteiger partial charge in [0.15, 0.2) is 0 Å². The topological polar surface area (TPSA) is 86.3 Å². The van der Waals surface area contributed by atoms with E-state index in [1.807, 2.05) is 12.1 Å². The summed E-state index contributed by atoms with van der Waals surface area (Å²) >= 11 is 6.80. The van der Waals surface area contributed by atoms with E-state index in [9.17, 15) is 20.2 Å². The van der Waals surface area contributed by atoms with Gasteiger partial charge in [-0.2, -0.15) is 0 Å². The summed E-state index contributed by atoms with van der Waals surface area (Å²) in [6.45, 7) is 0. The standard InChI is InChI=1S/C20H10Br2N2O4/c21-13-3-5-15-11(9-13)1-7-17(23(25)26)19(15)20-16-6-4-14(22)10-12(16)2-8-18(20)24(27)28/h1-10H. The van der Waals surface area contributed by atoms with Crippen molar-refractivity contribution in [3.8, 4) is 11.1 Å². The lowest BCUT2D eigenvalue weighted by atomic mass is 9.91. The molecule has 4 rings (SSSR count). The van der Waals surface area contributed by atoms with Crippen LogP contribution in [-0.2, 0) is 0 Å². The first-order chi connectivity index (χ1) is 13.4. The Balaban J connectivity index is 2.25. The van der Waals surface area contributed by atoms with Crippen LogP contribution in [0.3, 0.4) is 0 Å². The fraction of sp³-hybridized carbons (Fsp3) is 0. The van der Waals surface area contributed by atoms with Crippen molar-refractivity contribution >= 4 is 64.8 Å². The summed E-state index contributed by atoms with van der Waals surface area (Å²) in [6.07, 6.45) is 0. The van der Waals surface area contributed by atoms with Crippen molar-refractivity contribution in [3.63, 3.8) is 0 Å². The number of nitro groups is 2.